The van der Waals surface area contributed by atoms with Crippen LogP contribution in [0.4, 0.5) is 0 Å². The molecule has 0 aliphatic rings. The van der Waals surface area contributed by atoms with Crippen molar-refractivity contribution in [1.82, 2.24) is 17.6 Å². The molecule has 6 aromatic heterocycles. The summed E-state index contributed by atoms with van der Waals surface area (Å²) in [5.41, 5.74) is 20.4. The lowest BCUT2D eigenvalue weighted by molar-refractivity contribution is 1.22. The van der Waals surface area contributed by atoms with E-state index in [4.69, 9.17) is 0 Å². The summed E-state index contributed by atoms with van der Waals surface area (Å²) < 4.78 is 8.65. The number of aromatic nitrogens is 4. The monoisotopic (exact) mass is 1020 g/mol. The van der Waals surface area contributed by atoms with Crippen molar-refractivity contribution < 1.29 is 0 Å². The molecule has 6 heteroatoms. The molecule has 12 aromatic carbocycles. The molecular weight excluding hydrogens is 977 g/mol. The largest absolute Gasteiger partial charge is 0.306 e. The van der Waals surface area contributed by atoms with Crippen molar-refractivity contribution in [3.05, 3.63) is 275 Å². The predicted octanol–water partition coefficient (Wildman–Crippen LogP) is 17.9. The summed E-state index contributed by atoms with van der Waals surface area (Å²) in [6, 6.07) is 89.8. The molecule has 0 fully saturated rings. The molecule has 0 aliphatic heterocycles. The van der Waals surface area contributed by atoms with Crippen molar-refractivity contribution in [3.8, 4) is 55.6 Å². The first kappa shape index (κ1) is 43.3. The lowest BCUT2D eigenvalue weighted by Gasteiger charge is -2.10. The summed E-state index contributed by atoms with van der Waals surface area (Å²) >= 11 is 0. The molecule has 0 radical (unpaired) electrons. The Hall–Kier alpha value is -10.8. The molecule has 6 heterocycles. The van der Waals surface area contributed by atoms with Gasteiger partial charge in [0.15, 0.2) is 0 Å². The lowest BCUT2D eigenvalue weighted by Crippen LogP contribution is -2.10. The first-order valence-electron chi connectivity index (χ1n) is 27.2. The van der Waals surface area contributed by atoms with E-state index in [1.165, 1.54) is 0 Å². The maximum atomic E-state index is 15.5. The Labute approximate surface area is 455 Å². The van der Waals surface area contributed by atoms with Crippen LogP contribution in [-0.4, -0.2) is 17.6 Å². The van der Waals surface area contributed by atoms with Gasteiger partial charge in [-0.1, -0.05) is 212 Å². The Kier molecular flexibility index (Phi) is 8.60. The van der Waals surface area contributed by atoms with Gasteiger partial charge in [-0.25, -0.2) is 0 Å². The molecule has 0 saturated heterocycles. The van der Waals surface area contributed by atoms with Crippen LogP contribution in [0.2, 0.25) is 0 Å². The maximum absolute atomic E-state index is 15.5. The van der Waals surface area contributed by atoms with E-state index < -0.39 is 0 Å². The summed E-state index contributed by atoms with van der Waals surface area (Å²) in [5.74, 6) is 0. The number of para-hydroxylation sites is 4. The Morgan fingerprint density at radius 3 is 1.15 bits per heavy atom. The second-order valence-electron chi connectivity index (χ2n) is 21.5. The quantitative estimate of drug-likeness (QED) is 0.172. The number of nitrogens with zero attached hydrogens (tertiary/aromatic N) is 4. The normalized spacial score (nSPS) is 12.3. The minimum absolute atomic E-state index is 0.0300. The third-order valence-corrected chi connectivity index (χ3v) is 17.4. The van der Waals surface area contributed by atoms with Crippen LogP contribution in [0.5, 0.6) is 0 Å². The molecule has 0 spiro atoms. The number of fused-ring (bicyclic) bond motifs is 16. The second-order valence-corrected chi connectivity index (χ2v) is 21.5. The van der Waals surface area contributed by atoms with Gasteiger partial charge in [0.1, 0.15) is 0 Å². The van der Waals surface area contributed by atoms with Crippen molar-refractivity contribution in [2.24, 2.45) is 0 Å². The number of hydrogen-bond donors (Lipinski definition) is 0. The minimum Gasteiger partial charge on any atom is -0.306 e. The van der Waals surface area contributed by atoms with Gasteiger partial charge in [-0.2, -0.15) is 0 Å². The molecule has 0 aliphatic carbocycles. The minimum atomic E-state index is -0.0422. The molecule has 0 unspecified atom stereocenters. The SMILES string of the molecule is O=c1c2ccccc2n2c3cc(-c4ccc(-c5cccc(-c6cccc7c8ccc9c%10cccc(-c%11ccccc%11)c%10n%10c%11ccccc%11c(=O)n(c67)c8c9%10)c5)cc4)ccc3c3ccc4c5ccc(-c6ccccc6)cc5n1c4c32. The van der Waals surface area contributed by atoms with E-state index in [-0.39, 0.29) is 11.1 Å². The zero-order valence-corrected chi connectivity index (χ0v) is 42.9. The van der Waals surface area contributed by atoms with Crippen LogP contribution >= 0.6 is 0 Å². The Bertz CT molecular complexity index is 5810. The summed E-state index contributed by atoms with van der Waals surface area (Å²) in [6.07, 6.45) is 0. The Balaban J connectivity index is 0.789. The Morgan fingerprint density at radius 2 is 0.537 bits per heavy atom. The summed E-state index contributed by atoms with van der Waals surface area (Å²) in [4.78, 5) is 30.5. The molecule has 0 amide bonds. The van der Waals surface area contributed by atoms with Crippen molar-refractivity contribution in [1.29, 1.82) is 0 Å². The molecule has 370 valence electrons. The molecule has 18 rings (SSSR count). The van der Waals surface area contributed by atoms with Crippen molar-refractivity contribution in [2.45, 2.75) is 0 Å². The van der Waals surface area contributed by atoms with E-state index in [1.54, 1.807) is 0 Å². The van der Waals surface area contributed by atoms with Gasteiger partial charge in [-0.3, -0.25) is 18.4 Å². The highest BCUT2D eigenvalue weighted by Gasteiger charge is 2.26. The number of benzene rings is 12. The van der Waals surface area contributed by atoms with Gasteiger partial charge < -0.3 is 8.80 Å². The van der Waals surface area contributed by atoms with E-state index in [1.807, 2.05) is 51.3 Å². The van der Waals surface area contributed by atoms with E-state index in [0.717, 1.165) is 154 Å². The number of hydrogen-bond acceptors (Lipinski definition) is 2. The molecular formula is C74H42N4O2. The van der Waals surface area contributed by atoms with Crippen LogP contribution in [0, 0.1) is 0 Å². The van der Waals surface area contributed by atoms with Gasteiger partial charge in [-0.15, -0.1) is 0 Å². The molecule has 80 heavy (non-hydrogen) atoms. The van der Waals surface area contributed by atoms with Crippen LogP contribution in [-0.2, 0) is 0 Å². The van der Waals surface area contributed by atoms with Crippen molar-refractivity contribution in [2.75, 3.05) is 0 Å². The first-order valence-corrected chi connectivity index (χ1v) is 27.2. The molecule has 0 bridgehead atoms. The van der Waals surface area contributed by atoms with E-state index >= 15 is 9.59 Å². The maximum Gasteiger partial charge on any atom is 0.265 e. The van der Waals surface area contributed by atoms with Crippen LogP contribution in [0.3, 0.4) is 0 Å². The van der Waals surface area contributed by atoms with Gasteiger partial charge in [0.2, 0.25) is 0 Å². The third-order valence-electron chi connectivity index (χ3n) is 17.4. The van der Waals surface area contributed by atoms with Crippen LogP contribution in [0.15, 0.2) is 264 Å². The van der Waals surface area contributed by atoms with Gasteiger partial charge in [0.05, 0.1) is 65.9 Å². The first-order chi connectivity index (χ1) is 39.6. The average Bonchev–Trinajstić information content (AvgIpc) is 3.34. The van der Waals surface area contributed by atoms with E-state index in [9.17, 15) is 0 Å². The highest BCUT2D eigenvalue weighted by atomic mass is 16.1. The predicted molar refractivity (Wildman–Crippen MR) is 332 cm³/mol. The van der Waals surface area contributed by atoms with Crippen LogP contribution < -0.4 is 11.1 Å². The lowest BCUT2D eigenvalue weighted by atomic mass is 9.96. The zero-order chi connectivity index (χ0) is 52.5. The van der Waals surface area contributed by atoms with Gasteiger partial charge in [-0.05, 0) is 87.0 Å². The highest BCUT2D eigenvalue weighted by Crippen LogP contribution is 2.45. The summed E-state index contributed by atoms with van der Waals surface area (Å²) in [6.45, 7) is 0. The average molecular weight is 1020 g/mol. The molecule has 18 aromatic rings. The number of rotatable bonds is 5. The Morgan fingerprint density at radius 1 is 0.188 bits per heavy atom. The molecule has 0 atom stereocenters. The molecule has 0 saturated carbocycles. The second kappa shape index (κ2) is 15.9. The van der Waals surface area contributed by atoms with Crippen LogP contribution in [0.1, 0.15) is 0 Å². The summed E-state index contributed by atoms with van der Waals surface area (Å²) in [7, 11) is 0. The van der Waals surface area contributed by atoms with E-state index in [0.29, 0.717) is 10.8 Å². The fraction of sp³-hybridized carbons (Fsp3) is 0. The standard InChI is InChI=1S/C74H42N4O2/c79-73-61-20-7-9-26-63(61)75-65-41-49(33-34-53(65)57-36-37-58-54-35-32-48(43-14-3-1-4-15-43)42-66(54)77(73)71(58)69(57)75)45-30-28-44(29-31-45)47-18-11-19-50(40-47)52-23-13-25-56-60-39-38-59-55-24-12-22-51(46-16-5-2-6-17-46)67(55)76-64-27-10-8-21-62(64)74(80)78(68(52)56)72(60)70(59)76/h1-42H. The highest BCUT2D eigenvalue weighted by molar-refractivity contribution is 6.27. The molecule has 6 nitrogen and oxygen atoms in total. The van der Waals surface area contributed by atoms with Gasteiger partial charge in [0.25, 0.3) is 11.1 Å². The topological polar surface area (TPSA) is 51.8 Å². The van der Waals surface area contributed by atoms with Gasteiger partial charge in [0, 0.05) is 54.2 Å². The summed E-state index contributed by atoms with van der Waals surface area (Å²) in [5, 5.41) is 10.0. The van der Waals surface area contributed by atoms with Crippen LogP contribution in [0.25, 0.3) is 165 Å². The van der Waals surface area contributed by atoms with E-state index in [2.05, 4.69) is 221 Å². The fourth-order valence-electron chi connectivity index (χ4n) is 13.9. The third kappa shape index (κ3) is 5.70. The van der Waals surface area contributed by atoms with Crippen molar-refractivity contribution in [3.63, 3.8) is 0 Å². The molecule has 0 N–H and O–H groups in total. The smallest absolute Gasteiger partial charge is 0.265 e. The van der Waals surface area contributed by atoms with Gasteiger partial charge >= 0.3 is 0 Å². The van der Waals surface area contributed by atoms with Crippen molar-refractivity contribution >= 4 is 109 Å². The fourth-order valence-corrected chi connectivity index (χ4v) is 13.9. The zero-order valence-electron chi connectivity index (χ0n) is 42.9.